The highest BCUT2D eigenvalue weighted by Crippen LogP contribution is 2.31. The van der Waals surface area contributed by atoms with Gasteiger partial charge in [0.1, 0.15) is 11.4 Å². The Kier molecular flexibility index (Phi) is 4.86. The van der Waals surface area contributed by atoms with Crippen LogP contribution in [-0.4, -0.2) is 58.4 Å². The molecule has 0 aromatic carbocycles. The van der Waals surface area contributed by atoms with Crippen LogP contribution >= 0.6 is 12.2 Å². The molecule has 2 fully saturated rings. The summed E-state index contributed by atoms with van der Waals surface area (Å²) in [6, 6.07) is 0. The lowest BCUT2D eigenvalue weighted by Crippen LogP contribution is -2.51. The van der Waals surface area contributed by atoms with E-state index < -0.39 is 5.60 Å². The fourth-order valence-corrected chi connectivity index (χ4v) is 2.60. The highest BCUT2D eigenvalue weighted by molar-refractivity contribution is 7.80. The number of ether oxygens (including phenoxy) is 1. The molecule has 1 saturated carbocycles. The molecule has 1 heterocycles. The average Bonchev–Trinajstić information content (AvgIpc) is 3.21. The van der Waals surface area contributed by atoms with Crippen molar-refractivity contribution >= 4 is 29.1 Å². The van der Waals surface area contributed by atoms with Gasteiger partial charge in [0.25, 0.3) is 0 Å². The largest absolute Gasteiger partial charge is 0.444 e. The van der Waals surface area contributed by atoms with Gasteiger partial charge in [0.15, 0.2) is 0 Å². The minimum atomic E-state index is -0.472. The van der Waals surface area contributed by atoms with Crippen molar-refractivity contribution in [1.82, 2.24) is 9.80 Å². The van der Waals surface area contributed by atoms with Crippen LogP contribution in [0.1, 0.15) is 40.0 Å². The van der Waals surface area contributed by atoms with Crippen molar-refractivity contribution in [3.8, 4) is 0 Å². The molecule has 0 N–H and O–H groups in total. The maximum atomic E-state index is 12.0. The Morgan fingerprint density at radius 1 is 1.10 bits per heavy atom. The van der Waals surface area contributed by atoms with E-state index in [1.807, 2.05) is 25.7 Å². The summed E-state index contributed by atoms with van der Waals surface area (Å²) in [4.78, 5) is 28.2. The topological polar surface area (TPSA) is 49.9 Å². The number of ketones is 1. The minimum absolute atomic E-state index is 0.256. The van der Waals surface area contributed by atoms with Crippen LogP contribution < -0.4 is 0 Å². The number of carbonyl (C=O) groups excluding carboxylic acids is 2. The Morgan fingerprint density at radius 2 is 1.62 bits per heavy atom. The normalized spacial score (nSPS) is 19.4. The number of hydrogen-bond acceptors (Lipinski definition) is 4. The zero-order valence-corrected chi connectivity index (χ0v) is 13.9. The lowest BCUT2D eigenvalue weighted by molar-refractivity contribution is -0.119. The van der Waals surface area contributed by atoms with Crippen LogP contribution in [0.25, 0.3) is 0 Å². The second kappa shape index (κ2) is 6.30. The molecule has 6 heteroatoms. The number of Topliss-reactive ketones (excluding diaryl/α,β-unsaturated/α-hetero) is 1. The van der Waals surface area contributed by atoms with Crippen LogP contribution in [0.2, 0.25) is 0 Å². The summed E-state index contributed by atoms with van der Waals surface area (Å²) in [7, 11) is 0. The van der Waals surface area contributed by atoms with E-state index >= 15 is 0 Å². The highest BCUT2D eigenvalue weighted by Gasteiger charge is 2.32. The summed E-state index contributed by atoms with van der Waals surface area (Å²) >= 11 is 5.36. The Bertz CT molecular complexity index is 433. The fraction of sp³-hybridized carbons (Fsp3) is 0.800. The maximum absolute atomic E-state index is 12.0. The van der Waals surface area contributed by atoms with Gasteiger partial charge in [-0.25, -0.2) is 4.79 Å². The van der Waals surface area contributed by atoms with Gasteiger partial charge in [-0.2, -0.15) is 0 Å². The molecule has 0 spiro atoms. The number of piperazine rings is 1. The lowest BCUT2D eigenvalue weighted by atomic mass is 10.2. The fourth-order valence-electron chi connectivity index (χ4n) is 2.28. The molecule has 2 aliphatic rings. The highest BCUT2D eigenvalue weighted by atomic mass is 32.1. The molecule has 5 nitrogen and oxygen atoms in total. The van der Waals surface area contributed by atoms with E-state index in [1.165, 1.54) is 0 Å². The van der Waals surface area contributed by atoms with Gasteiger partial charge in [-0.15, -0.1) is 0 Å². The summed E-state index contributed by atoms with van der Waals surface area (Å²) in [5.41, 5.74) is -0.472. The second-order valence-electron chi connectivity index (χ2n) is 6.77. The van der Waals surface area contributed by atoms with Gasteiger partial charge >= 0.3 is 6.09 Å². The zero-order chi connectivity index (χ0) is 15.6. The quantitative estimate of drug-likeness (QED) is 0.748. The van der Waals surface area contributed by atoms with Crippen molar-refractivity contribution in [2.75, 3.05) is 26.2 Å². The molecule has 118 valence electrons. The molecule has 1 aliphatic heterocycles. The van der Waals surface area contributed by atoms with Crippen LogP contribution in [0, 0.1) is 5.92 Å². The van der Waals surface area contributed by atoms with Crippen LogP contribution in [0.5, 0.6) is 0 Å². The van der Waals surface area contributed by atoms with E-state index in [0.717, 1.165) is 17.8 Å². The molecule has 1 saturated heterocycles. The Hall–Kier alpha value is -1.17. The summed E-state index contributed by atoms with van der Waals surface area (Å²) < 4.78 is 5.36. The SMILES string of the molecule is CC(C)(C)OC(=O)N1CCN(C(=S)CC(=O)C2CC2)CC1. The molecule has 1 amide bonds. The van der Waals surface area contributed by atoms with E-state index in [9.17, 15) is 9.59 Å². The van der Waals surface area contributed by atoms with Gasteiger partial charge < -0.3 is 14.5 Å². The molecule has 21 heavy (non-hydrogen) atoms. The van der Waals surface area contributed by atoms with Crippen molar-refractivity contribution in [3.05, 3.63) is 0 Å². The number of nitrogens with zero attached hydrogens (tertiary/aromatic N) is 2. The first kappa shape index (κ1) is 16.2. The summed E-state index contributed by atoms with van der Waals surface area (Å²) in [6.07, 6.45) is 2.15. The molecular formula is C15H24N2O3S. The first-order valence-corrected chi connectivity index (χ1v) is 7.95. The molecule has 0 aromatic rings. The summed E-state index contributed by atoms with van der Waals surface area (Å²) in [5.74, 6) is 0.528. The van der Waals surface area contributed by atoms with E-state index in [-0.39, 0.29) is 17.8 Å². The van der Waals surface area contributed by atoms with Gasteiger partial charge in [0, 0.05) is 32.1 Å². The third-order valence-electron chi connectivity index (χ3n) is 3.64. The molecule has 0 unspecified atom stereocenters. The number of rotatable bonds is 3. The Balaban J connectivity index is 1.75. The van der Waals surface area contributed by atoms with Gasteiger partial charge in [-0.3, -0.25) is 4.79 Å². The van der Waals surface area contributed by atoms with Gasteiger partial charge in [0.2, 0.25) is 0 Å². The van der Waals surface area contributed by atoms with E-state index in [4.69, 9.17) is 17.0 Å². The zero-order valence-electron chi connectivity index (χ0n) is 13.1. The molecule has 2 rings (SSSR count). The standard InChI is InChI=1S/C15H24N2O3S/c1-15(2,3)20-14(19)17-8-6-16(7-9-17)13(21)10-12(18)11-4-5-11/h11H,4-10H2,1-3H3. The van der Waals surface area contributed by atoms with Gasteiger partial charge in [-0.1, -0.05) is 12.2 Å². The van der Waals surface area contributed by atoms with E-state index in [0.29, 0.717) is 32.6 Å². The number of hydrogen-bond donors (Lipinski definition) is 0. The van der Waals surface area contributed by atoms with Crippen molar-refractivity contribution < 1.29 is 14.3 Å². The van der Waals surface area contributed by atoms with E-state index in [2.05, 4.69) is 0 Å². The molecule has 0 radical (unpaired) electrons. The third-order valence-corrected chi connectivity index (χ3v) is 4.04. The summed E-state index contributed by atoms with van der Waals surface area (Å²) in [6.45, 7) is 8.12. The molecule has 0 bridgehead atoms. The van der Waals surface area contributed by atoms with Crippen molar-refractivity contribution in [3.63, 3.8) is 0 Å². The number of amides is 1. The minimum Gasteiger partial charge on any atom is -0.444 e. The Labute approximate surface area is 131 Å². The van der Waals surface area contributed by atoms with Gasteiger partial charge in [-0.05, 0) is 33.6 Å². The predicted molar refractivity (Wildman–Crippen MR) is 84.3 cm³/mol. The van der Waals surface area contributed by atoms with E-state index in [1.54, 1.807) is 4.90 Å². The van der Waals surface area contributed by atoms with Crippen LogP contribution in [0.4, 0.5) is 4.79 Å². The average molecular weight is 312 g/mol. The van der Waals surface area contributed by atoms with Crippen molar-refractivity contribution in [2.45, 2.75) is 45.6 Å². The van der Waals surface area contributed by atoms with Crippen molar-refractivity contribution in [2.24, 2.45) is 5.92 Å². The third kappa shape index (κ3) is 4.95. The predicted octanol–water partition coefficient (Wildman–Crippen LogP) is 2.24. The summed E-state index contributed by atoms with van der Waals surface area (Å²) in [5, 5.41) is 0. The molecule has 0 atom stereocenters. The first-order valence-electron chi connectivity index (χ1n) is 7.55. The lowest BCUT2D eigenvalue weighted by Gasteiger charge is -2.36. The number of carbonyl (C=O) groups is 2. The smallest absolute Gasteiger partial charge is 0.410 e. The van der Waals surface area contributed by atoms with Crippen LogP contribution in [-0.2, 0) is 9.53 Å². The maximum Gasteiger partial charge on any atom is 0.410 e. The Morgan fingerprint density at radius 3 is 2.10 bits per heavy atom. The first-order chi connectivity index (χ1) is 9.76. The second-order valence-corrected chi connectivity index (χ2v) is 7.24. The van der Waals surface area contributed by atoms with Gasteiger partial charge in [0.05, 0.1) is 11.4 Å². The molecular weight excluding hydrogens is 288 g/mol. The van der Waals surface area contributed by atoms with Crippen molar-refractivity contribution in [1.29, 1.82) is 0 Å². The molecule has 0 aromatic heterocycles. The van der Waals surface area contributed by atoms with Crippen LogP contribution in [0.15, 0.2) is 0 Å². The monoisotopic (exact) mass is 312 g/mol. The number of thiocarbonyl (C=S) groups is 1. The van der Waals surface area contributed by atoms with Crippen LogP contribution in [0.3, 0.4) is 0 Å². The molecule has 1 aliphatic carbocycles.